The van der Waals surface area contributed by atoms with E-state index in [-0.39, 0.29) is 24.9 Å². The molecule has 2 aliphatic heterocycles. The zero-order valence-corrected chi connectivity index (χ0v) is 22.0. The van der Waals surface area contributed by atoms with E-state index in [1.807, 2.05) is 0 Å². The van der Waals surface area contributed by atoms with Crippen molar-refractivity contribution in [1.29, 1.82) is 0 Å². The number of hydrogen-bond donors (Lipinski definition) is 1. The molecule has 1 fully saturated rings. The molecular weight excluding hydrogens is 536 g/mol. The minimum Gasteiger partial charge on any atom is -0.355 e. The number of rotatable bonds is 5. The minimum absolute atomic E-state index is 0.142. The van der Waals surface area contributed by atoms with E-state index >= 15 is 0 Å². The largest absolute Gasteiger partial charge is 0.433 e. The molecule has 1 unspecified atom stereocenters. The van der Waals surface area contributed by atoms with Crippen molar-refractivity contribution >= 4 is 23.3 Å². The van der Waals surface area contributed by atoms with Crippen LogP contribution in [-0.2, 0) is 25.2 Å². The lowest BCUT2D eigenvalue weighted by atomic mass is 10.0. The Morgan fingerprint density at radius 2 is 1.70 bits per heavy atom. The average molecular weight is 566 g/mol. The van der Waals surface area contributed by atoms with Gasteiger partial charge in [-0.15, -0.1) is 0 Å². The molecule has 0 radical (unpaired) electrons. The van der Waals surface area contributed by atoms with E-state index in [0.29, 0.717) is 47.5 Å². The molecule has 5 rings (SSSR count). The van der Waals surface area contributed by atoms with Gasteiger partial charge in [0, 0.05) is 43.9 Å². The molecule has 0 bridgehead atoms. The van der Waals surface area contributed by atoms with Crippen LogP contribution in [0.25, 0.3) is 0 Å². The predicted molar refractivity (Wildman–Crippen MR) is 139 cm³/mol. The first-order valence-electron chi connectivity index (χ1n) is 13.2. The summed E-state index contributed by atoms with van der Waals surface area (Å²) in [5.74, 6) is 1.12. The Morgan fingerprint density at radius 3 is 2.38 bits per heavy atom. The fraction of sp³-hybridized carbons (Fsp3) is 0.481. The third kappa shape index (κ3) is 5.78. The second-order valence-corrected chi connectivity index (χ2v) is 10.4. The Balaban J connectivity index is 1.51. The van der Waals surface area contributed by atoms with E-state index in [1.54, 1.807) is 4.90 Å². The van der Waals surface area contributed by atoms with Gasteiger partial charge >= 0.3 is 12.4 Å². The summed E-state index contributed by atoms with van der Waals surface area (Å²) in [6, 6.07) is 4.67. The summed E-state index contributed by atoms with van der Waals surface area (Å²) in [5, 5.41) is 3.11. The van der Waals surface area contributed by atoms with Gasteiger partial charge in [0.1, 0.15) is 17.3 Å². The molecule has 3 aromatic rings. The first kappa shape index (κ1) is 27.9. The van der Waals surface area contributed by atoms with Gasteiger partial charge in [0.15, 0.2) is 0 Å². The first-order chi connectivity index (χ1) is 18.9. The number of anilines is 4. The standard InChI is InChI=1S/C27H29F6N7/c1-16(2)21-6-4-12-40(21)25-37-20-10-14-39(24-19(26(28,29)30)5-3-11-34-24)13-9-18(20)23(38-25)36-17-7-8-22(35-15-17)27(31,32)33/h3,5,7-8,11,15-16,21H,4,6,9-10,12-14H2,1-2H3,(H,36,37,38). The van der Waals surface area contributed by atoms with Crippen LogP contribution in [0.2, 0.25) is 0 Å². The van der Waals surface area contributed by atoms with E-state index in [4.69, 9.17) is 9.97 Å². The van der Waals surface area contributed by atoms with Crippen LogP contribution in [0, 0.1) is 5.92 Å². The fourth-order valence-electron chi connectivity index (χ4n) is 5.41. The summed E-state index contributed by atoms with van der Waals surface area (Å²) in [6.45, 7) is 5.51. The predicted octanol–water partition coefficient (Wildman–Crippen LogP) is 6.28. The van der Waals surface area contributed by atoms with E-state index in [9.17, 15) is 26.3 Å². The molecule has 7 nitrogen and oxygen atoms in total. The van der Waals surface area contributed by atoms with Crippen LogP contribution >= 0.6 is 0 Å². The third-order valence-corrected chi connectivity index (χ3v) is 7.37. The SMILES string of the molecule is CC(C)C1CCCN1c1nc2c(c(Nc3ccc(C(F)(F)F)nc3)n1)CCN(c1ncccc1C(F)(F)F)CC2. The topological polar surface area (TPSA) is 70.1 Å². The van der Waals surface area contributed by atoms with Crippen molar-refractivity contribution in [2.75, 3.05) is 34.8 Å². The van der Waals surface area contributed by atoms with Crippen molar-refractivity contribution in [3.8, 4) is 0 Å². The molecule has 3 aromatic heterocycles. The molecule has 1 N–H and O–H groups in total. The van der Waals surface area contributed by atoms with Gasteiger partial charge in [0.25, 0.3) is 0 Å². The number of pyridine rings is 2. The van der Waals surface area contributed by atoms with Gasteiger partial charge in [-0.3, -0.25) is 0 Å². The minimum atomic E-state index is -4.57. The molecule has 0 amide bonds. The zero-order valence-electron chi connectivity index (χ0n) is 22.0. The van der Waals surface area contributed by atoms with Crippen molar-refractivity contribution in [2.45, 2.75) is 57.9 Å². The van der Waals surface area contributed by atoms with Gasteiger partial charge in [-0.25, -0.2) is 15.0 Å². The molecular formula is C27H29F6N7. The van der Waals surface area contributed by atoms with Crippen LogP contribution in [-0.4, -0.2) is 45.6 Å². The van der Waals surface area contributed by atoms with Crippen molar-refractivity contribution in [3.05, 3.63) is 59.2 Å². The van der Waals surface area contributed by atoms with E-state index in [2.05, 4.69) is 34.0 Å². The number of nitrogens with one attached hydrogen (secondary N) is 1. The Kier molecular flexibility index (Phi) is 7.49. The summed E-state index contributed by atoms with van der Waals surface area (Å²) in [6.07, 6.45) is -4.07. The number of hydrogen-bond acceptors (Lipinski definition) is 7. The lowest BCUT2D eigenvalue weighted by molar-refractivity contribution is -0.141. The highest BCUT2D eigenvalue weighted by molar-refractivity contribution is 5.63. The molecule has 2 aliphatic rings. The molecule has 0 saturated carbocycles. The van der Waals surface area contributed by atoms with Gasteiger partial charge in [-0.05, 0) is 49.4 Å². The lowest BCUT2D eigenvalue weighted by Crippen LogP contribution is -2.35. The number of alkyl halides is 6. The highest BCUT2D eigenvalue weighted by Gasteiger charge is 2.37. The Labute approximate surface area is 227 Å². The van der Waals surface area contributed by atoms with Gasteiger partial charge in [-0.1, -0.05) is 13.8 Å². The molecule has 0 aromatic carbocycles. The molecule has 0 spiro atoms. The van der Waals surface area contributed by atoms with Gasteiger partial charge in [0.05, 0.1) is 23.1 Å². The van der Waals surface area contributed by atoms with Gasteiger partial charge in [-0.2, -0.15) is 31.3 Å². The lowest BCUT2D eigenvalue weighted by Gasteiger charge is -2.29. The van der Waals surface area contributed by atoms with Crippen LogP contribution in [0.5, 0.6) is 0 Å². The maximum absolute atomic E-state index is 13.7. The van der Waals surface area contributed by atoms with E-state index < -0.39 is 23.6 Å². The fourth-order valence-corrected chi connectivity index (χ4v) is 5.41. The Bertz CT molecular complexity index is 1340. The Hall–Kier alpha value is -3.64. The second-order valence-electron chi connectivity index (χ2n) is 10.4. The zero-order chi connectivity index (χ0) is 28.7. The number of fused-ring (bicyclic) bond motifs is 1. The Morgan fingerprint density at radius 1 is 0.925 bits per heavy atom. The third-order valence-electron chi connectivity index (χ3n) is 7.37. The summed E-state index contributed by atoms with van der Waals surface area (Å²) in [7, 11) is 0. The summed E-state index contributed by atoms with van der Waals surface area (Å²) in [5.41, 5.74) is -0.112. The molecule has 1 saturated heterocycles. The van der Waals surface area contributed by atoms with Crippen LogP contribution < -0.4 is 15.1 Å². The van der Waals surface area contributed by atoms with Crippen LogP contribution in [0.15, 0.2) is 36.7 Å². The van der Waals surface area contributed by atoms with Crippen molar-refractivity contribution < 1.29 is 26.3 Å². The maximum atomic E-state index is 13.7. The summed E-state index contributed by atoms with van der Waals surface area (Å²) >= 11 is 0. The van der Waals surface area contributed by atoms with Gasteiger partial charge in [0.2, 0.25) is 5.95 Å². The van der Waals surface area contributed by atoms with Crippen molar-refractivity contribution in [1.82, 2.24) is 19.9 Å². The number of aromatic nitrogens is 4. The normalized spacial score (nSPS) is 18.2. The average Bonchev–Trinajstić information content (AvgIpc) is 3.29. The van der Waals surface area contributed by atoms with Crippen molar-refractivity contribution in [2.24, 2.45) is 5.92 Å². The van der Waals surface area contributed by atoms with Crippen molar-refractivity contribution in [3.63, 3.8) is 0 Å². The number of nitrogens with zero attached hydrogens (tertiary/aromatic N) is 6. The molecule has 214 valence electrons. The van der Waals surface area contributed by atoms with E-state index in [0.717, 1.165) is 37.7 Å². The maximum Gasteiger partial charge on any atom is 0.433 e. The van der Waals surface area contributed by atoms with Gasteiger partial charge < -0.3 is 15.1 Å². The first-order valence-corrected chi connectivity index (χ1v) is 13.2. The highest BCUT2D eigenvalue weighted by Crippen LogP contribution is 2.37. The molecule has 13 heteroatoms. The van der Waals surface area contributed by atoms with Crippen LogP contribution in [0.4, 0.5) is 49.6 Å². The van der Waals surface area contributed by atoms with Crippen LogP contribution in [0.1, 0.15) is 49.2 Å². The molecule has 5 heterocycles. The monoisotopic (exact) mass is 565 g/mol. The summed E-state index contributed by atoms with van der Waals surface area (Å²) in [4.78, 5) is 21.0. The van der Waals surface area contributed by atoms with Crippen LogP contribution in [0.3, 0.4) is 0 Å². The second kappa shape index (κ2) is 10.7. The number of halogens is 6. The summed E-state index contributed by atoms with van der Waals surface area (Å²) < 4.78 is 80.3. The molecule has 1 atom stereocenters. The molecule has 0 aliphatic carbocycles. The molecule has 40 heavy (non-hydrogen) atoms. The highest BCUT2D eigenvalue weighted by atomic mass is 19.4. The quantitative estimate of drug-likeness (QED) is 0.366. The van der Waals surface area contributed by atoms with E-state index in [1.165, 1.54) is 18.3 Å². The smallest absolute Gasteiger partial charge is 0.355 e.